The zero-order valence-electron chi connectivity index (χ0n) is 27.6. The Bertz CT molecular complexity index is 1830. The summed E-state index contributed by atoms with van der Waals surface area (Å²) < 4.78 is 19.5. The summed E-state index contributed by atoms with van der Waals surface area (Å²) >= 11 is 0. The molecule has 2 saturated carbocycles. The van der Waals surface area contributed by atoms with Gasteiger partial charge in [0.15, 0.2) is 12.2 Å². The highest BCUT2D eigenvalue weighted by atomic mass is 16.7. The van der Waals surface area contributed by atoms with E-state index in [2.05, 4.69) is 21.9 Å². The number of anilines is 1. The Kier molecular flexibility index (Phi) is 8.91. The van der Waals surface area contributed by atoms with Gasteiger partial charge in [-0.15, -0.1) is 0 Å². The van der Waals surface area contributed by atoms with Crippen LogP contribution in [0.3, 0.4) is 0 Å². The van der Waals surface area contributed by atoms with E-state index < -0.39 is 65.8 Å². The number of aliphatic hydroxyl groups is 5. The summed E-state index contributed by atoms with van der Waals surface area (Å²) in [6.07, 6.45) is 5.42. The summed E-state index contributed by atoms with van der Waals surface area (Å²) in [7, 11) is 0. The minimum Gasteiger partial charge on any atom is -0.423 e. The molecule has 16 heteroatoms. The van der Waals surface area contributed by atoms with E-state index in [4.69, 9.17) is 24.9 Å². The number of hydrogen-bond acceptors (Lipinski definition) is 14. The molecule has 2 aromatic rings. The second kappa shape index (κ2) is 12.9. The highest BCUT2D eigenvalue weighted by Crippen LogP contribution is 2.62. The molecule has 5 aliphatic rings. The van der Waals surface area contributed by atoms with Crippen molar-refractivity contribution in [3.8, 4) is 0 Å². The number of rotatable bonds is 7. The van der Waals surface area contributed by atoms with Crippen LogP contribution < -0.4 is 11.3 Å². The van der Waals surface area contributed by atoms with Crippen LogP contribution in [-0.4, -0.2) is 107 Å². The Morgan fingerprint density at radius 3 is 2.70 bits per heavy atom. The zero-order chi connectivity index (χ0) is 35.5. The quantitative estimate of drug-likeness (QED) is 0.149. The van der Waals surface area contributed by atoms with E-state index >= 15 is 0 Å². The number of aliphatic imine (C=N–C) groups is 1. The molecule has 1 saturated heterocycles. The molecular weight excluding hydrogens is 652 g/mol. The van der Waals surface area contributed by atoms with Gasteiger partial charge in [-0.2, -0.15) is 0 Å². The van der Waals surface area contributed by atoms with Gasteiger partial charge < -0.3 is 50.0 Å². The van der Waals surface area contributed by atoms with Crippen LogP contribution in [0.2, 0.25) is 0 Å². The van der Waals surface area contributed by atoms with E-state index in [1.165, 1.54) is 12.3 Å². The molecule has 8 unspecified atom stereocenters. The number of carbonyl (C=O) groups is 1. The summed E-state index contributed by atoms with van der Waals surface area (Å²) in [5.74, 6) is -0.258. The third-order valence-corrected chi connectivity index (χ3v) is 11.5. The maximum absolute atomic E-state index is 13.0. The fraction of sp³-hybridized carbons (Fsp3) is 0.559. The molecule has 2 aliphatic carbocycles. The fourth-order valence-electron chi connectivity index (χ4n) is 8.67. The Morgan fingerprint density at radius 2 is 1.96 bits per heavy atom. The Labute approximate surface area is 286 Å². The molecule has 0 amide bonds. The fourth-order valence-corrected chi connectivity index (χ4v) is 8.67. The summed E-state index contributed by atoms with van der Waals surface area (Å²) in [5.41, 5.74) is 5.13. The molecule has 50 heavy (non-hydrogen) atoms. The van der Waals surface area contributed by atoms with Crippen molar-refractivity contribution in [2.75, 3.05) is 18.9 Å². The molecule has 0 aromatic carbocycles. The molecule has 8 N–H and O–H groups in total. The van der Waals surface area contributed by atoms with Gasteiger partial charge in [-0.05, 0) is 48.7 Å². The molecule has 0 bridgehead atoms. The van der Waals surface area contributed by atoms with Gasteiger partial charge in [-0.1, -0.05) is 26.0 Å². The lowest BCUT2D eigenvalue weighted by Crippen LogP contribution is -2.64. The zero-order valence-corrected chi connectivity index (χ0v) is 27.6. The normalized spacial score (nSPS) is 39.1. The van der Waals surface area contributed by atoms with E-state index in [9.17, 15) is 35.1 Å². The minimum atomic E-state index is -1.60. The van der Waals surface area contributed by atoms with Crippen molar-refractivity contribution in [3.05, 3.63) is 64.1 Å². The van der Waals surface area contributed by atoms with E-state index in [-0.39, 0.29) is 41.6 Å². The van der Waals surface area contributed by atoms with Crippen LogP contribution in [0.25, 0.3) is 6.08 Å². The SMILES string of the molecule is C[C@]12CC[C@@H](OC3OC(CO)C(O)C(O)C3O)[C@@](C)(CO)C1CC1=Nc3nccn3CC1C2/C=C/C1=CC(=C\c2cnc(N)[nH]c2=O)/OC1=O. The van der Waals surface area contributed by atoms with Gasteiger partial charge in [0.05, 0.1) is 30.5 Å². The van der Waals surface area contributed by atoms with E-state index in [1.54, 1.807) is 18.3 Å². The molecule has 5 heterocycles. The average molecular weight is 695 g/mol. The highest BCUT2D eigenvalue weighted by Gasteiger charge is 2.61. The minimum absolute atomic E-state index is 0.0285. The van der Waals surface area contributed by atoms with Crippen molar-refractivity contribution in [1.29, 1.82) is 0 Å². The van der Waals surface area contributed by atoms with Gasteiger partial charge in [0.25, 0.3) is 5.56 Å². The van der Waals surface area contributed by atoms with Crippen LogP contribution in [0.4, 0.5) is 11.9 Å². The number of aromatic nitrogens is 4. The van der Waals surface area contributed by atoms with Gasteiger partial charge in [0.1, 0.15) is 30.2 Å². The maximum atomic E-state index is 13.0. The first-order valence-electron chi connectivity index (χ1n) is 16.7. The topological polar surface area (TPSA) is 248 Å². The Balaban J connectivity index is 1.22. The molecule has 0 spiro atoms. The number of nitrogens with zero attached hydrogens (tertiary/aromatic N) is 4. The number of aliphatic hydroxyl groups excluding tert-OH is 5. The first-order valence-corrected chi connectivity index (χ1v) is 16.7. The number of esters is 1. The molecule has 16 nitrogen and oxygen atoms in total. The first kappa shape index (κ1) is 34.4. The number of cyclic esters (lactones) is 1. The smallest absolute Gasteiger partial charge is 0.343 e. The van der Waals surface area contributed by atoms with Gasteiger partial charge in [0.2, 0.25) is 5.95 Å². The third kappa shape index (κ3) is 5.74. The number of aromatic amines is 1. The van der Waals surface area contributed by atoms with Crippen LogP contribution in [-0.2, 0) is 25.5 Å². The molecule has 0 radical (unpaired) electrons. The first-order chi connectivity index (χ1) is 23.9. The number of fused-ring (bicyclic) bond motifs is 3. The highest BCUT2D eigenvalue weighted by molar-refractivity contribution is 5.96. The van der Waals surface area contributed by atoms with Crippen molar-refractivity contribution in [3.63, 3.8) is 0 Å². The third-order valence-electron chi connectivity index (χ3n) is 11.5. The molecule has 268 valence electrons. The van der Waals surface area contributed by atoms with E-state index in [0.717, 1.165) is 5.71 Å². The predicted molar refractivity (Wildman–Crippen MR) is 176 cm³/mol. The number of H-pyrrole nitrogens is 1. The van der Waals surface area contributed by atoms with Gasteiger partial charge in [0, 0.05) is 42.2 Å². The van der Waals surface area contributed by atoms with Crippen LogP contribution in [0.5, 0.6) is 0 Å². The van der Waals surface area contributed by atoms with Crippen molar-refractivity contribution >= 4 is 29.7 Å². The lowest BCUT2D eigenvalue weighted by atomic mass is 9.45. The standard InChI is InChI=1S/C34H42N6O10/c1-33-6-5-24(50-30-27(45)26(44)25(43)22(14-41)49-30)34(2,15-42)23(33)11-21-19(13-40-8-7-36-32(40)38-21)20(33)4-3-16-9-18(48-29(16)47)10-17-12-37-31(35)39-28(17)46/h3-4,7-10,12,19-20,22-27,30,41-45H,5-6,11,13-15H2,1-2H3,(H3,35,37,39,46)/b4-3+,18-10+/t19?,20?,22?,23?,24-,25?,26?,27?,30?,33-,34+/m1/s1. The van der Waals surface area contributed by atoms with Crippen molar-refractivity contribution in [2.45, 2.75) is 76.5 Å². The number of ether oxygens (including phenoxy) is 3. The van der Waals surface area contributed by atoms with E-state index in [0.29, 0.717) is 37.3 Å². The summed E-state index contributed by atoms with van der Waals surface area (Å²) in [6.45, 7) is 3.86. The second-order valence-electron chi connectivity index (χ2n) is 14.4. The van der Waals surface area contributed by atoms with Crippen LogP contribution in [0.1, 0.15) is 38.7 Å². The molecular formula is C34H42N6O10. The number of hydrogen-bond donors (Lipinski definition) is 7. The molecule has 3 aliphatic heterocycles. The number of nitrogens with two attached hydrogens (primary N) is 1. The van der Waals surface area contributed by atoms with Crippen molar-refractivity contribution in [2.24, 2.45) is 33.6 Å². The van der Waals surface area contributed by atoms with Crippen molar-refractivity contribution in [1.82, 2.24) is 19.5 Å². The Morgan fingerprint density at radius 1 is 1.16 bits per heavy atom. The van der Waals surface area contributed by atoms with Crippen LogP contribution >= 0.6 is 0 Å². The van der Waals surface area contributed by atoms with Crippen LogP contribution in [0, 0.1) is 28.6 Å². The van der Waals surface area contributed by atoms with Crippen molar-refractivity contribution < 1.29 is 44.5 Å². The summed E-state index contributed by atoms with van der Waals surface area (Å²) in [4.78, 5) is 40.9. The largest absolute Gasteiger partial charge is 0.423 e. The van der Waals surface area contributed by atoms with Crippen LogP contribution in [0.15, 0.2) is 57.9 Å². The average Bonchev–Trinajstić information content (AvgIpc) is 3.70. The van der Waals surface area contributed by atoms with Gasteiger partial charge in [-0.25, -0.2) is 19.8 Å². The number of nitrogen functional groups attached to an aromatic ring is 1. The summed E-state index contributed by atoms with van der Waals surface area (Å²) in [6, 6.07) is 0. The number of allylic oxidation sites excluding steroid dienone is 2. The molecule has 3 fully saturated rings. The molecule has 11 atom stereocenters. The monoisotopic (exact) mass is 694 g/mol. The Hall–Kier alpha value is -4.03. The number of imidazole rings is 1. The maximum Gasteiger partial charge on any atom is 0.343 e. The van der Waals surface area contributed by atoms with Gasteiger partial charge in [-0.3, -0.25) is 9.78 Å². The second-order valence-corrected chi connectivity index (χ2v) is 14.4. The summed E-state index contributed by atoms with van der Waals surface area (Å²) in [5, 5.41) is 52.2. The lowest BCUT2D eigenvalue weighted by molar-refractivity contribution is -0.329. The molecule has 2 aromatic heterocycles. The lowest BCUT2D eigenvalue weighted by Gasteiger charge is -2.62. The number of nitrogens with one attached hydrogen (secondary N) is 1. The van der Waals surface area contributed by atoms with E-state index in [1.807, 2.05) is 23.8 Å². The predicted octanol–water partition coefficient (Wildman–Crippen LogP) is -0.0487. The number of carbonyl (C=O) groups excluding carboxylic acids is 1. The molecule has 7 rings (SSSR count). The van der Waals surface area contributed by atoms with Gasteiger partial charge >= 0.3 is 5.97 Å².